The second-order valence-electron chi connectivity index (χ2n) is 8.20. The molecule has 1 aromatic carbocycles. The Morgan fingerprint density at radius 2 is 2.11 bits per heavy atom. The molecule has 2 amide bonds. The molecular weight excluding hydrogens is 486 g/mol. The predicted octanol–water partition coefficient (Wildman–Crippen LogP) is 4.14. The molecule has 0 aliphatic carbocycles. The molecule has 2 N–H and O–H groups in total. The van der Waals surface area contributed by atoms with E-state index in [-0.39, 0.29) is 12.5 Å². The Hall–Kier alpha value is -3.31. The Balaban J connectivity index is 1.61. The zero-order valence-electron chi connectivity index (χ0n) is 19.8. The fourth-order valence-corrected chi connectivity index (χ4v) is 5.06. The average molecular weight is 514 g/mol. The number of primary amides is 1. The number of aromatic nitrogens is 2. The summed E-state index contributed by atoms with van der Waals surface area (Å²) >= 11 is 2.99. The minimum atomic E-state index is -0.820. The van der Waals surface area contributed by atoms with E-state index in [9.17, 15) is 9.59 Å². The maximum atomic E-state index is 13.5. The van der Waals surface area contributed by atoms with E-state index in [0.717, 1.165) is 4.88 Å². The molecule has 0 saturated carbocycles. The first kappa shape index (κ1) is 24.8. The standard InChI is InChI=1S/C24H27N5O4S2/c1-24(9-12-32-22(25)31,19-8-5-13-35-19)33-17-7-4-6-16(14-17)29-11-10-28(2)20-18(21(29)30)15-26-23(27-20)34-3/h4-8,13-15H,9-12H2,1-3H3,(H2,25,31)/t24-/m0/s1. The molecule has 184 valence electrons. The highest BCUT2D eigenvalue weighted by molar-refractivity contribution is 7.98. The number of hydrogen-bond acceptors (Lipinski definition) is 9. The first-order valence-electron chi connectivity index (χ1n) is 11.0. The number of amides is 2. The Kier molecular flexibility index (Phi) is 7.46. The van der Waals surface area contributed by atoms with Gasteiger partial charge in [0.15, 0.2) is 5.16 Å². The van der Waals surface area contributed by atoms with Gasteiger partial charge in [-0.1, -0.05) is 23.9 Å². The fraction of sp³-hybridized carbons (Fsp3) is 0.333. The summed E-state index contributed by atoms with van der Waals surface area (Å²) in [6.07, 6.45) is 3.09. The zero-order valence-corrected chi connectivity index (χ0v) is 21.4. The van der Waals surface area contributed by atoms with Gasteiger partial charge in [0.25, 0.3) is 5.91 Å². The molecule has 1 aliphatic heterocycles. The molecule has 0 spiro atoms. The van der Waals surface area contributed by atoms with Gasteiger partial charge >= 0.3 is 6.09 Å². The number of hydrogen-bond donors (Lipinski definition) is 1. The first-order valence-corrected chi connectivity index (χ1v) is 13.1. The second-order valence-corrected chi connectivity index (χ2v) is 9.92. The van der Waals surface area contributed by atoms with Crippen molar-refractivity contribution in [1.29, 1.82) is 0 Å². The summed E-state index contributed by atoms with van der Waals surface area (Å²) in [5, 5.41) is 2.59. The summed E-state index contributed by atoms with van der Waals surface area (Å²) in [6.45, 7) is 3.17. The van der Waals surface area contributed by atoms with Crippen LogP contribution in [0.2, 0.25) is 0 Å². The molecule has 4 rings (SSSR count). The lowest BCUT2D eigenvalue weighted by Crippen LogP contribution is -2.34. The number of ether oxygens (including phenoxy) is 2. The molecule has 1 aliphatic rings. The maximum absolute atomic E-state index is 13.5. The van der Waals surface area contributed by atoms with Crippen LogP contribution in [0.15, 0.2) is 53.1 Å². The molecule has 3 heterocycles. The number of rotatable bonds is 8. The summed E-state index contributed by atoms with van der Waals surface area (Å²) in [7, 11) is 1.92. The van der Waals surface area contributed by atoms with Gasteiger partial charge < -0.3 is 25.0 Å². The quantitative estimate of drug-likeness (QED) is 0.353. The van der Waals surface area contributed by atoms with Crippen LogP contribution in [0.4, 0.5) is 16.3 Å². The lowest BCUT2D eigenvalue weighted by Gasteiger charge is -2.30. The molecule has 0 bridgehead atoms. The van der Waals surface area contributed by atoms with Crippen LogP contribution < -0.4 is 20.3 Å². The normalized spacial score (nSPS) is 15.2. The summed E-state index contributed by atoms with van der Waals surface area (Å²) in [5.41, 5.74) is 5.55. The van der Waals surface area contributed by atoms with Crippen LogP contribution in [-0.2, 0) is 10.3 Å². The number of thiophene rings is 1. The minimum absolute atomic E-state index is 0.120. The number of carbonyl (C=O) groups excluding carboxylic acids is 2. The number of fused-ring (bicyclic) bond motifs is 1. The number of thioether (sulfide) groups is 1. The third-order valence-electron chi connectivity index (χ3n) is 5.76. The van der Waals surface area contributed by atoms with Gasteiger partial charge in [0.1, 0.15) is 22.7 Å². The van der Waals surface area contributed by atoms with Crippen LogP contribution in [0.25, 0.3) is 0 Å². The topological polar surface area (TPSA) is 111 Å². The third kappa shape index (κ3) is 5.51. The van der Waals surface area contributed by atoms with E-state index >= 15 is 0 Å². The summed E-state index contributed by atoms with van der Waals surface area (Å²) in [4.78, 5) is 38.1. The van der Waals surface area contributed by atoms with Gasteiger partial charge in [0, 0.05) is 49.4 Å². The van der Waals surface area contributed by atoms with Crippen molar-refractivity contribution in [3.8, 4) is 5.75 Å². The Bertz CT molecular complexity index is 1210. The molecule has 0 fully saturated rings. The summed E-state index contributed by atoms with van der Waals surface area (Å²) in [6, 6.07) is 11.4. The number of nitrogens with two attached hydrogens (primary N) is 1. The number of nitrogens with zero attached hydrogens (tertiary/aromatic N) is 4. The highest BCUT2D eigenvalue weighted by atomic mass is 32.2. The largest absolute Gasteiger partial charge is 0.482 e. The van der Waals surface area contributed by atoms with Crippen molar-refractivity contribution in [3.05, 3.63) is 58.4 Å². The van der Waals surface area contributed by atoms with E-state index in [1.165, 1.54) is 11.8 Å². The molecule has 0 unspecified atom stereocenters. The van der Waals surface area contributed by atoms with Crippen LogP contribution in [-0.4, -0.2) is 55.0 Å². The van der Waals surface area contributed by atoms with Crippen LogP contribution in [0.1, 0.15) is 28.6 Å². The molecule has 2 aromatic heterocycles. The number of benzene rings is 1. The van der Waals surface area contributed by atoms with Crippen molar-refractivity contribution in [2.75, 3.05) is 42.8 Å². The molecule has 9 nitrogen and oxygen atoms in total. The van der Waals surface area contributed by atoms with E-state index in [1.54, 1.807) is 22.4 Å². The van der Waals surface area contributed by atoms with Gasteiger partial charge in [-0.15, -0.1) is 11.3 Å². The SMILES string of the molecule is CSc1ncc2c(n1)N(C)CCN(c1cccc(O[C@@](C)(CCOC(N)=O)c3cccs3)c1)C2=O. The summed E-state index contributed by atoms with van der Waals surface area (Å²) in [5.74, 6) is 1.06. The van der Waals surface area contributed by atoms with Crippen LogP contribution in [0.5, 0.6) is 5.75 Å². The molecular formula is C24H27N5O4S2. The van der Waals surface area contributed by atoms with Gasteiger partial charge in [-0.05, 0) is 36.8 Å². The van der Waals surface area contributed by atoms with E-state index in [0.29, 0.717) is 47.5 Å². The third-order valence-corrected chi connectivity index (χ3v) is 7.44. The Labute approximate surface area is 212 Å². The van der Waals surface area contributed by atoms with E-state index in [1.807, 2.05) is 66.9 Å². The Morgan fingerprint density at radius 3 is 2.83 bits per heavy atom. The predicted molar refractivity (Wildman–Crippen MR) is 138 cm³/mol. The monoisotopic (exact) mass is 513 g/mol. The van der Waals surface area contributed by atoms with Crippen molar-refractivity contribution in [1.82, 2.24) is 9.97 Å². The van der Waals surface area contributed by atoms with Crippen LogP contribution in [0, 0.1) is 0 Å². The number of carbonyl (C=O) groups is 2. The molecule has 11 heteroatoms. The highest BCUT2D eigenvalue weighted by Crippen LogP contribution is 2.36. The molecule has 1 atom stereocenters. The molecule has 3 aromatic rings. The van der Waals surface area contributed by atoms with Crippen molar-refractivity contribution >= 4 is 46.6 Å². The lowest BCUT2D eigenvalue weighted by atomic mass is 10.0. The molecule has 0 radical (unpaired) electrons. The lowest BCUT2D eigenvalue weighted by molar-refractivity contribution is 0.0530. The second kappa shape index (κ2) is 10.5. The van der Waals surface area contributed by atoms with Crippen molar-refractivity contribution in [2.24, 2.45) is 5.73 Å². The smallest absolute Gasteiger partial charge is 0.404 e. The van der Waals surface area contributed by atoms with Crippen molar-refractivity contribution in [3.63, 3.8) is 0 Å². The number of anilines is 2. The highest BCUT2D eigenvalue weighted by Gasteiger charge is 2.32. The molecule has 35 heavy (non-hydrogen) atoms. The van der Waals surface area contributed by atoms with Crippen LogP contribution in [0.3, 0.4) is 0 Å². The van der Waals surface area contributed by atoms with E-state index in [2.05, 4.69) is 9.97 Å². The van der Waals surface area contributed by atoms with E-state index in [4.69, 9.17) is 15.2 Å². The summed E-state index contributed by atoms with van der Waals surface area (Å²) < 4.78 is 11.4. The van der Waals surface area contributed by atoms with Crippen molar-refractivity contribution < 1.29 is 19.1 Å². The van der Waals surface area contributed by atoms with E-state index < -0.39 is 11.7 Å². The minimum Gasteiger partial charge on any atom is -0.482 e. The van der Waals surface area contributed by atoms with Gasteiger partial charge in [-0.3, -0.25) is 4.79 Å². The average Bonchev–Trinajstić information content (AvgIpc) is 3.36. The maximum Gasteiger partial charge on any atom is 0.404 e. The van der Waals surface area contributed by atoms with Gasteiger partial charge in [0.2, 0.25) is 0 Å². The fourth-order valence-electron chi connectivity index (χ4n) is 3.87. The van der Waals surface area contributed by atoms with Gasteiger partial charge in [-0.2, -0.15) is 0 Å². The molecule has 0 saturated heterocycles. The zero-order chi connectivity index (χ0) is 25.0. The number of likely N-dealkylation sites (N-methyl/N-ethyl adjacent to an activating group) is 1. The first-order chi connectivity index (χ1) is 16.8. The van der Waals surface area contributed by atoms with Crippen LogP contribution >= 0.6 is 23.1 Å². The van der Waals surface area contributed by atoms with Gasteiger partial charge in [-0.25, -0.2) is 14.8 Å². The Morgan fingerprint density at radius 1 is 1.29 bits per heavy atom. The van der Waals surface area contributed by atoms with Gasteiger partial charge in [0.05, 0.1) is 6.61 Å². The van der Waals surface area contributed by atoms with Crippen molar-refractivity contribution in [2.45, 2.75) is 24.1 Å².